The first-order valence-corrected chi connectivity index (χ1v) is 8.05. The van der Waals surface area contributed by atoms with Crippen molar-refractivity contribution >= 4 is 41.7 Å². The van der Waals surface area contributed by atoms with E-state index in [9.17, 15) is 9.18 Å². The van der Waals surface area contributed by atoms with E-state index in [1.807, 2.05) is 19.2 Å². The Bertz CT molecular complexity index is 519. The highest BCUT2D eigenvalue weighted by Crippen LogP contribution is 2.26. The highest BCUT2D eigenvalue weighted by molar-refractivity contribution is 7.80. The van der Waals surface area contributed by atoms with Crippen molar-refractivity contribution in [3.05, 3.63) is 30.1 Å². The van der Waals surface area contributed by atoms with Crippen LogP contribution in [0.15, 0.2) is 24.3 Å². The molecule has 23 heavy (non-hydrogen) atoms. The van der Waals surface area contributed by atoms with Gasteiger partial charge in [-0.05, 0) is 24.4 Å². The van der Waals surface area contributed by atoms with Crippen molar-refractivity contribution in [2.75, 3.05) is 39.8 Å². The van der Waals surface area contributed by atoms with E-state index >= 15 is 0 Å². The Balaban J connectivity index is 0.00000264. The molecule has 0 bridgehead atoms. The summed E-state index contributed by atoms with van der Waals surface area (Å²) in [5, 5.41) is 3.78. The predicted octanol–water partition coefficient (Wildman–Crippen LogP) is 2.35. The normalized spacial score (nSPS) is 16.3. The molecule has 1 saturated heterocycles. The van der Waals surface area contributed by atoms with Crippen LogP contribution in [-0.4, -0.2) is 56.1 Å². The van der Waals surface area contributed by atoms with Crippen LogP contribution in [0.3, 0.4) is 0 Å². The number of unbranched alkanes of at least 4 members (excludes halogenated alkanes) is 1. The second-order valence-electron chi connectivity index (χ2n) is 5.64. The molecule has 0 unspecified atom stereocenters. The first kappa shape index (κ1) is 19.8. The van der Waals surface area contributed by atoms with Gasteiger partial charge in [-0.3, -0.25) is 4.48 Å². The number of nitrogens with zero attached hydrogens (tertiary/aromatic N) is 2. The number of carbonyl (C=O) groups excluding carboxylic acids is 1. The maximum Gasteiger partial charge on any atom is 0.169 e. The van der Waals surface area contributed by atoms with Gasteiger partial charge in [0.2, 0.25) is 0 Å². The molecule has 0 radical (unpaired) electrons. The van der Waals surface area contributed by atoms with Crippen LogP contribution >= 0.6 is 24.6 Å². The molecular formula is C16H24ClFN3OS+. The number of nitrogens with one attached hydrogen (secondary N) is 1. The van der Waals surface area contributed by atoms with Crippen LogP contribution < -0.4 is 9.80 Å². The van der Waals surface area contributed by atoms with Crippen molar-refractivity contribution < 1.29 is 9.18 Å². The van der Waals surface area contributed by atoms with E-state index in [2.05, 4.69) is 10.2 Å². The molecule has 0 spiro atoms. The molecule has 0 aromatic heterocycles. The number of carbonyl (C=O) groups is 1. The maximum absolute atomic E-state index is 13.2. The Labute approximate surface area is 148 Å². The molecule has 0 aliphatic carbocycles. The molecule has 1 aliphatic heterocycles. The zero-order valence-corrected chi connectivity index (χ0v) is 15.0. The van der Waals surface area contributed by atoms with Crippen LogP contribution in [-0.2, 0) is 4.79 Å². The number of benzene rings is 1. The van der Waals surface area contributed by atoms with Gasteiger partial charge >= 0.3 is 0 Å². The third-order valence-corrected chi connectivity index (χ3v) is 4.84. The number of quaternary nitrogens is 1. The highest BCUT2D eigenvalue weighted by Gasteiger charge is 2.35. The van der Waals surface area contributed by atoms with E-state index in [1.54, 1.807) is 0 Å². The van der Waals surface area contributed by atoms with Crippen molar-refractivity contribution in [1.29, 1.82) is 0 Å². The van der Waals surface area contributed by atoms with Crippen molar-refractivity contribution in [1.82, 2.24) is 14.7 Å². The summed E-state index contributed by atoms with van der Waals surface area (Å²) < 4.78 is 14.0. The molecule has 0 saturated carbocycles. The van der Waals surface area contributed by atoms with Crippen LogP contribution in [0.5, 0.6) is 0 Å². The average Bonchev–Trinajstić information content (AvgIpc) is 2.55. The van der Waals surface area contributed by atoms with E-state index in [-0.39, 0.29) is 18.2 Å². The second kappa shape index (κ2) is 9.15. The number of halogens is 2. The van der Waals surface area contributed by atoms with Gasteiger partial charge in [-0.2, -0.15) is 0 Å². The number of thiocarbonyl (C=S) groups is 1. The maximum atomic E-state index is 13.2. The summed E-state index contributed by atoms with van der Waals surface area (Å²) in [4.78, 5) is 12.8. The van der Waals surface area contributed by atoms with Gasteiger partial charge in [0.25, 0.3) is 0 Å². The summed E-state index contributed by atoms with van der Waals surface area (Å²) in [5.74, 6) is -0.218. The van der Waals surface area contributed by atoms with E-state index in [4.69, 9.17) is 12.2 Å². The molecular weight excluding hydrogens is 337 g/mol. The minimum Gasteiger partial charge on any atom is -0.366 e. The summed E-state index contributed by atoms with van der Waals surface area (Å²) in [7, 11) is 1.84. The van der Waals surface area contributed by atoms with Crippen LogP contribution in [0.2, 0.25) is 0 Å². The van der Waals surface area contributed by atoms with Crippen LogP contribution in [0.4, 0.5) is 10.1 Å². The molecule has 128 valence electrons. The first-order chi connectivity index (χ1) is 10.6. The molecule has 1 aromatic carbocycles. The predicted molar refractivity (Wildman–Crippen MR) is 98.6 cm³/mol. The largest absolute Gasteiger partial charge is 0.366 e. The molecule has 1 N–H and O–H groups in total. The minimum atomic E-state index is -0.218. The zero-order valence-electron chi connectivity index (χ0n) is 13.3. The van der Waals surface area contributed by atoms with Gasteiger partial charge in [-0.25, -0.2) is 4.39 Å². The molecule has 0 amide bonds. The summed E-state index contributed by atoms with van der Waals surface area (Å²) in [5.41, 5.74) is 1.11. The van der Waals surface area contributed by atoms with Gasteiger partial charge < -0.3 is 15.0 Å². The lowest BCUT2D eigenvalue weighted by molar-refractivity contribution is -0.108. The SMILES string of the molecule is CNC(=S)N1CC[N+](CCCC=O)(c2ccc(F)cc2)CC1.Cl. The van der Waals surface area contributed by atoms with Crippen molar-refractivity contribution in [3.63, 3.8) is 0 Å². The zero-order chi connectivity index (χ0) is 16.0. The summed E-state index contributed by atoms with van der Waals surface area (Å²) >= 11 is 5.30. The van der Waals surface area contributed by atoms with Gasteiger partial charge in [0.15, 0.2) is 5.11 Å². The Hall–Kier alpha value is -1.24. The summed E-state index contributed by atoms with van der Waals surface area (Å²) in [6, 6.07) is 6.75. The van der Waals surface area contributed by atoms with Crippen LogP contribution in [0, 0.1) is 5.82 Å². The fraction of sp³-hybridized carbons (Fsp3) is 0.500. The molecule has 1 heterocycles. The topological polar surface area (TPSA) is 32.3 Å². The monoisotopic (exact) mass is 360 g/mol. The number of rotatable bonds is 5. The van der Waals surface area contributed by atoms with Crippen LogP contribution in [0.25, 0.3) is 0 Å². The van der Waals surface area contributed by atoms with Crippen molar-refractivity contribution in [2.24, 2.45) is 0 Å². The van der Waals surface area contributed by atoms with Gasteiger partial charge in [0.1, 0.15) is 30.9 Å². The Morgan fingerprint density at radius 3 is 2.48 bits per heavy atom. The fourth-order valence-corrected chi connectivity index (χ4v) is 3.24. The Morgan fingerprint density at radius 1 is 1.35 bits per heavy atom. The third-order valence-electron chi connectivity index (χ3n) is 4.38. The van der Waals surface area contributed by atoms with Crippen molar-refractivity contribution in [2.45, 2.75) is 12.8 Å². The smallest absolute Gasteiger partial charge is 0.169 e. The summed E-state index contributed by atoms with van der Waals surface area (Å²) in [6.45, 7) is 4.43. The van der Waals surface area contributed by atoms with Crippen molar-refractivity contribution in [3.8, 4) is 0 Å². The van der Waals surface area contributed by atoms with E-state index in [0.29, 0.717) is 6.42 Å². The second-order valence-corrected chi connectivity index (χ2v) is 6.03. The van der Waals surface area contributed by atoms with Gasteiger partial charge in [-0.15, -0.1) is 12.4 Å². The van der Waals surface area contributed by atoms with E-state index in [1.165, 1.54) is 12.1 Å². The summed E-state index contributed by atoms with van der Waals surface area (Å²) in [6.07, 6.45) is 2.38. The quantitative estimate of drug-likeness (QED) is 0.378. The van der Waals surface area contributed by atoms with E-state index < -0.39 is 0 Å². The molecule has 2 rings (SSSR count). The number of hydrogen-bond donors (Lipinski definition) is 1. The first-order valence-electron chi connectivity index (χ1n) is 7.64. The number of hydrogen-bond acceptors (Lipinski definition) is 2. The molecule has 0 atom stereocenters. The average molecular weight is 361 g/mol. The molecule has 1 aliphatic rings. The van der Waals surface area contributed by atoms with E-state index in [0.717, 1.165) is 60.7 Å². The lowest BCUT2D eigenvalue weighted by Crippen LogP contribution is -2.62. The van der Waals surface area contributed by atoms with Gasteiger partial charge in [0.05, 0.1) is 19.6 Å². The fourth-order valence-electron chi connectivity index (χ4n) is 3.05. The minimum absolute atomic E-state index is 0. The molecule has 7 heteroatoms. The standard InChI is InChI=1S/C16H22FN3OS.ClH/c1-18-16(22)19-8-11-20(12-9-19,10-2-3-13-21)15-6-4-14(17)5-7-15;/h4-7,13H,2-3,8-12H2,1H3;1H/p+1. The lowest BCUT2D eigenvalue weighted by Gasteiger charge is -2.45. The highest BCUT2D eigenvalue weighted by atomic mass is 35.5. The van der Waals surface area contributed by atoms with Crippen LogP contribution in [0.1, 0.15) is 12.8 Å². The lowest BCUT2D eigenvalue weighted by atomic mass is 10.1. The number of aldehydes is 1. The van der Waals surface area contributed by atoms with Gasteiger partial charge in [0, 0.05) is 32.0 Å². The van der Waals surface area contributed by atoms with Gasteiger partial charge in [-0.1, -0.05) is 0 Å². The molecule has 1 fully saturated rings. The number of piperazine rings is 1. The molecule has 1 aromatic rings. The third kappa shape index (κ3) is 4.86. The Kier molecular flexibility index (Phi) is 7.88. The Morgan fingerprint density at radius 2 is 1.96 bits per heavy atom. The molecule has 4 nitrogen and oxygen atoms in total.